The molecule has 4 atom stereocenters. The minimum absolute atomic E-state index is 0.110. The van der Waals surface area contributed by atoms with Crippen molar-refractivity contribution in [2.45, 2.75) is 78.4 Å². The summed E-state index contributed by atoms with van der Waals surface area (Å²) in [6.07, 6.45) is 1.96. The van der Waals surface area contributed by atoms with Crippen molar-refractivity contribution in [1.29, 1.82) is 0 Å². The number of aliphatic hydroxyl groups excluding tert-OH is 1. The Kier molecular flexibility index (Phi) is 11.9. The zero-order chi connectivity index (χ0) is 23.4. The molecule has 0 bridgehead atoms. The first kappa shape index (κ1) is 26.6. The molecule has 0 aromatic heterocycles. The lowest BCUT2D eigenvalue weighted by atomic mass is 9.96. The van der Waals surface area contributed by atoms with E-state index in [4.69, 9.17) is 0 Å². The van der Waals surface area contributed by atoms with Gasteiger partial charge in [0.1, 0.15) is 12.1 Å². The summed E-state index contributed by atoms with van der Waals surface area (Å²) in [6, 6.07) is 7.71. The standard InChI is InChI=1S/C24H39N3O4/c1-6-17(5)22(27-23(30)20(13-16(3)4)26-21(29)7-2)24(31)25-19(15-28)14-18-11-9-8-10-12-18/h8-12,16-17,19-20,22,28H,6-7,13-15H2,1-5H3,(H,25,31)(H,26,29)(H,27,30)/t17?,19-,20-,22-/m1/s1. The van der Waals surface area contributed by atoms with Crippen molar-refractivity contribution in [2.75, 3.05) is 6.61 Å². The van der Waals surface area contributed by atoms with Gasteiger partial charge < -0.3 is 21.1 Å². The van der Waals surface area contributed by atoms with E-state index in [0.29, 0.717) is 19.3 Å². The van der Waals surface area contributed by atoms with Gasteiger partial charge in [-0.05, 0) is 30.2 Å². The summed E-state index contributed by atoms with van der Waals surface area (Å²) in [5.74, 6) is -0.800. The fourth-order valence-corrected chi connectivity index (χ4v) is 3.31. The first-order valence-electron chi connectivity index (χ1n) is 11.3. The predicted molar refractivity (Wildman–Crippen MR) is 122 cm³/mol. The van der Waals surface area contributed by atoms with Crippen LogP contribution in [-0.4, -0.2) is 47.6 Å². The van der Waals surface area contributed by atoms with Crippen molar-refractivity contribution in [1.82, 2.24) is 16.0 Å². The highest BCUT2D eigenvalue weighted by molar-refractivity contribution is 5.92. The lowest BCUT2D eigenvalue weighted by Gasteiger charge is -2.28. The third kappa shape index (κ3) is 9.51. The molecule has 0 saturated carbocycles. The van der Waals surface area contributed by atoms with E-state index in [1.54, 1.807) is 6.92 Å². The molecule has 0 radical (unpaired) electrons. The topological polar surface area (TPSA) is 108 Å². The molecule has 4 N–H and O–H groups in total. The van der Waals surface area contributed by atoms with Crippen molar-refractivity contribution in [3.63, 3.8) is 0 Å². The fourth-order valence-electron chi connectivity index (χ4n) is 3.31. The third-order valence-corrected chi connectivity index (χ3v) is 5.36. The normalized spacial score (nSPS) is 14.9. The van der Waals surface area contributed by atoms with Gasteiger partial charge in [-0.15, -0.1) is 0 Å². The Morgan fingerprint density at radius 3 is 2.10 bits per heavy atom. The summed E-state index contributed by atoms with van der Waals surface area (Å²) in [5.41, 5.74) is 1.00. The van der Waals surface area contributed by atoms with Crippen LogP contribution in [0.3, 0.4) is 0 Å². The molecular formula is C24H39N3O4. The molecule has 0 fully saturated rings. The summed E-state index contributed by atoms with van der Waals surface area (Å²) in [7, 11) is 0. The highest BCUT2D eigenvalue weighted by Gasteiger charge is 2.31. The summed E-state index contributed by atoms with van der Waals surface area (Å²) >= 11 is 0. The Labute approximate surface area is 186 Å². The Hall–Kier alpha value is -2.41. The average Bonchev–Trinajstić information content (AvgIpc) is 2.75. The number of carbonyl (C=O) groups excluding carboxylic acids is 3. The van der Waals surface area contributed by atoms with Gasteiger partial charge in [0.25, 0.3) is 0 Å². The van der Waals surface area contributed by atoms with E-state index in [2.05, 4.69) is 16.0 Å². The molecule has 1 aromatic rings. The van der Waals surface area contributed by atoms with E-state index < -0.39 is 18.1 Å². The van der Waals surface area contributed by atoms with Gasteiger partial charge >= 0.3 is 0 Å². The molecule has 1 unspecified atom stereocenters. The predicted octanol–water partition coefficient (Wildman–Crippen LogP) is 2.18. The van der Waals surface area contributed by atoms with Gasteiger partial charge in [-0.25, -0.2) is 0 Å². The van der Waals surface area contributed by atoms with Crippen LogP contribution in [0.4, 0.5) is 0 Å². The lowest BCUT2D eigenvalue weighted by molar-refractivity contribution is -0.133. The zero-order valence-electron chi connectivity index (χ0n) is 19.5. The van der Waals surface area contributed by atoms with Crippen LogP contribution in [0.5, 0.6) is 0 Å². The summed E-state index contributed by atoms with van der Waals surface area (Å²) < 4.78 is 0. The van der Waals surface area contributed by atoms with Crippen molar-refractivity contribution in [3.8, 4) is 0 Å². The van der Waals surface area contributed by atoms with Gasteiger partial charge in [-0.1, -0.05) is 71.4 Å². The summed E-state index contributed by atoms with van der Waals surface area (Å²) in [5, 5.41) is 18.2. The quantitative estimate of drug-likeness (QED) is 0.382. The van der Waals surface area contributed by atoms with Gasteiger partial charge in [0.05, 0.1) is 12.6 Å². The molecule has 31 heavy (non-hydrogen) atoms. The highest BCUT2D eigenvalue weighted by atomic mass is 16.3. The molecular weight excluding hydrogens is 394 g/mol. The van der Waals surface area contributed by atoms with Crippen molar-refractivity contribution >= 4 is 17.7 Å². The number of benzene rings is 1. The van der Waals surface area contributed by atoms with Crippen molar-refractivity contribution in [2.24, 2.45) is 11.8 Å². The van der Waals surface area contributed by atoms with E-state index in [1.165, 1.54) is 0 Å². The lowest BCUT2D eigenvalue weighted by Crippen LogP contribution is -2.57. The Morgan fingerprint density at radius 2 is 1.58 bits per heavy atom. The first-order chi connectivity index (χ1) is 14.7. The van der Waals surface area contributed by atoms with Crippen molar-refractivity contribution in [3.05, 3.63) is 35.9 Å². The second-order valence-corrected chi connectivity index (χ2v) is 8.55. The van der Waals surface area contributed by atoms with Gasteiger partial charge in [-0.2, -0.15) is 0 Å². The molecule has 0 saturated heterocycles. The molecule has 174 valence electrons. The first-order valence-corrected chi connectivity index (χ1v) is 11.3. The molecule has 0 heterocycles. The number of nitrogens with one attached hydrogen (secondary N) is 3. The van der Waals surface area contributed by atoms with Crippen LogP contribution in [-0.2, 0) is 20.8 Å². The number of hydrogen-bond donors (Lipinski definition) is 4. The second-order valence-electron chi connectivity index (χ2n) is 8.55. The molecule has 0 aliphatic rings. The van der Waals surface area contributed by atoms with Gasteiger partial charge in [-0.3, -0.25) is 14.4 Å². The average molecular weight is 434 g/mol. The minimum Gasteiger partial charge on any atom is -0.394 e. The minimum atomic E-state index is -0.754. The van der Waals surface area contributed by atoms with E-state index in [1.807, 2.05) is 58.0 Å². The smallest absolute Gasteiger partial charge is 0.243 e. The van der Waals surface area contributed by atoms with Gasteiger partial charge in [0.15, 0.2) is 0 Å². The van der Waals surface area contributed by atoms with Crippen LogP contribution >= 0.6 is 0 Å². The maximum Gasteiger partial charge on any atom is 0.243 e. The van der Waals surface area contributed by atoms with Crippen LogP contribution < -0.4 is 16.0 Å². The van der Waals surface area contributed by atoms with Crippen LogP contribution in [0.25, 0.3) is 0 Å². The molecule has 0 aliphatic heterocycles. The fraction of sp³-hybridized carbons (Fsp3) is 0.625. The zero-order valence-corrected chi connectivity index (χ0v) is 19.5. The van der Waals surface area contributed by atoms with E-state index in [9.17, 15) is 19.5 Å². The summed E-state index contributed by atoms with van der Waals surface area (Å²) in [4.78, 5) is 37.9. The van der Waals surface area contributed by atoms with Crippen molar-refractivity contribution < 1.29 is 19.5 Å². The number of carbonyl (C=O) groups is 3. The number of hydrogen-bond acceptors (Lipinski definition) is 4. The van der Waals surface area contributed by atoms with Crippen LogP contribution in [0.15, 0.2) is 30.3 Å². The number of amides is 3. The molecule has 3 amide bonds. The largest absolute Gasteiger partial charge is 0.394 e. The van der Waals surface area contributed by atoms with Gasteiger partial charge in [0.2, 0.25) is 17.7 Å². The Balaban J connectivity index is 2.90. The van der Waals surface area contributed by atoms with Crippen LogP contribution in [0, 0.1) is 11.8 Å². The Bertz CT molecular complexity index is 693. The number of rotatable bonds is 13. The molecule has 7 nitrogen and oxygen atoms in total. The monoisotopic (exact) mass is 433 g/mol. The maximum absolute atomic E-state index is 13.0. The molecule has 0 aliphatic carbocycles. The van der Waals surface area contributed by atoms with Gasteiger partial charge in [0, 0.05) is 6.42 Å². The molecule has 0 spiro atoms. The van der Waals surface area contributed by atoms with E-state index in [0.717, 1.165) is 5.56 Å². The Morgan fingerprint density at radius 1 is 0.935 bits per heavy atom. The summed E-state index contributed by atoms with van der Waals surface area (Å²) in [6.45, 7) is 9.34. The molecule has 1 aromatic carbocycles. The maximum atomic E-state index is 13.0. The third-order valence-electron chi connectivity index (χ3n) is 5.36. The van der Waals surface area contributed by atoms with Crippen LogP contribution in [0.2, 0.25) is 0 Å². The van der Waals surface area contributed by atoms with E-state index >= 15 is 0 Å². The van der Waals surface area contributed by atoms with E-state index in [-0.39, 0.29) is 42.6 Å². The van der Waals surface area contributed by atoms with Crippen LogP contribution in [0.1, 0.15) is 59.4 Å². The second kappa shape index (κ2) is 13.8. The highest BCUT2D eigenvalue weighted by Crippen LogP contribution is 2.12. The molecule has 1 rings (SSSR count). The molecule has 7 heteroatoms. The number of aliphatic hydroxyl groups is 1. The SMILES string of the molecule is CCC(=O)N[C@H](CC(C)C)C(=O)N[C@@H](C(=O)N[C@@H](CO)Cc1ccccc1)C(C)CC.